The fraction of sp³-hybridized carbons (Fsp3) is 0.417. The van der Waals surface area contributed by atoms with Crippen LogP contribution in [0.25, 0.3) is 0 Å². The van der Waals surface area contributed by atoms with Gasteiger partial charge in [0.15, 0.2) is 5.78 Å². The SMILES string of the molecule is CC(CO)NC(C)C(=O)c1cc(O)cc(O)c1. The van der Waals surface area contributed by atoms with E-state index in [0.717, 1.165) is 6.07 Å². The van der Waals surface area contributed by atoms with Crippen molar-refractivity contribution in [3.8, 4) is 11.5 Å². The number of benzene rings is 1. The summed E-state index contributed by atoms with van der Waals surface area (Å²) in [7, 11) is 0. The molecule has 4 N–H and O–H groups in total. The molecule has 0 bridgehead atoms. The molecule has 0 amide bonds. The Morgan fingerprint density at radius 2 is 1.76 bits per heavy atom. The highest BCUT2D eigenvalue weighted by molar-refractivity contribution is 6.00. The van der Waals surface area contributed by atoms with Crippen molar-refractivity contribution in [3.05, 3.63) is 23.8 Å². The molecule has 5 heteroatoms. The smallest absolute Gasteiger partial charge is 0.179 e. The molecule has 1 aromatic rings. The first-order valence-electron chi connectivity index (χ1n) is 5.38. The maximum atomic E-state index is 11.9. The summed E-state index contributed by atoms with van der Waals surface area (Å²) in [6.45, 7) is 3.35. The summed E-state index contributed by atoms with van der Waals surface area (Å²) in [5, 5.41) is 30.3. The average molecular weight is 239 g/mol. The van der Waals surface area contributed by atoms with Gasteiger partial charge in [0.05, 0.1) is 12.6 Å². The molecule has 0 saturated carbocycles. The van der Waals surface area contributed by atoms with Crippen molar-refractivity contribution in [2.24, 2.45) is 0 Å². The Hall–Kier alpha value is -1.59. The van der Waals surface area contributed by atoms with Gasteiger partial charge in [0.2, 0.25) is 0 Å². The molecule has 1 aromatic carbocycles. The third kappa shape index (κ3) is 3.72. The molecule has 0 saturated heterocycles. The van der Waals surface area contributed by atoms with Crippen molar-refractivity contribution in [1.29, 1.82) is 0 Å². The normalized spacial score (nSPS) is 14.3. The lowest BCUT2D eigenvalue weighted by molar-refractivity contribution is 0.0938. The summed E-state index contributed by atoms with van der Waals surface area (Å²) in [6, 6.07) is 3.05. The maximum Gasteiger partial charge on any atom is 0.179 e. The molecular weight excluding hydrogens is 222 g/mol. The molecule has 0 heterocycles. The van der Waals surface area contributed by atoms with Crippen LogP contribution in [0.4, 0.5) is 0 Å². The summed E-state index contributed by atoms with van der Waals surface area (Å²) in [4.78, 5) is 11.9. The Morgan fingerprint density at radius 1 is 1.24 bits per heavy atom. The molecule has 17 heavy (non-hydrogen) atoms. The lowest BCUT2D eigenvalue weighted by Crippen LogP contribution is -2.41. The Kier molecular flexibility index (Phi) is 4.48. The number of Topliss-reactive ketones (excluding diaryl/α,β-unsaturated/α-hetero) is 1. The summed E-state index contributed by atoms with van der Waals surface area (Å²) in [5.41, 5.74) is 0.229. The minimum absolute atomic E-state index is 0.0666. The Morgan fingerprint density at radius 3 is 2.24 bits per heavy atom. The van der Waals surface area contributed by atoms with E-state index in [1.165, 1.54) is 12.1 Å². The van der Waals surface area contributed by atoms with Gasteiger partial charge in [-0.05, 0) is 26.0 Å². The second-order valence-corrected chi connectivity index (χ2v) is 4.07. The van der Waals surface area contributed by atoms with Crippen LogP contribution in [-0.4, -0.2) is 39.8 Å². The highest BCUT2D eigenvalue weighted by Gasteiger charge is 2.17. The van der Waals surface area contributed by atoms with Crippen LogP contribution < -0.4 is 5.32 Å². The van der Waals surface area contributed by atoms with Crippen LogP contribution in [0.3, 0.4) is 0 Å². The molecule has 0 aliphatic rings. The number of carbonyl (C=O) groups excluding carboxylic acids is 1. The van der Waals surface area contributed by atoms with Gasteiger partial charge in [0.1, 0.15) is 11.5 Å². The van der Waals surface area contributed by atoms with Crippen LogP contribution >= 0.6 is 0 Å². The zero-order valence-electron chi connectivity index (χ0n) is 9.84. The van der Waals surface area contributed by atoms with Crippen LogP contribution in [-0.2, 0) is 0 Å². The van der Waals surface area contributed by atoms with Crippen molar-refractivity contribution in [2.45, 2.75) is 25.9 Å². The molecule has 1 rings (SSSR count). The second kappa shape index (κ2) is 5.65. The Balaban J connectivity index is 2.81. The van der Waals surface area contributed by atoms with Gasteiger partial charge in [-0.2, -0.15) is 0 Å². The number of aliphatic hydroxyl groups excluding tert-OH is 1. The van der Waals surface area contributed by atoms with Gasteiger partial charge in [0, 0.05) is 17.7 Å². The third-order valence-electron chi connectivity index (χ3n) is 2.39. The number of aromatic hydroxyl groups is 2. The fourth-order valence-corrected chi connectivity index (χ4v) is 1.54. The topological polar surface area (TPSA) is 89.8 Å². The zero-order valence-corrected chi connectivity index (χ0v) is 9.84. The van der Waals surface area contributed by atoms with Crippen molar-refractivity contribution in [3.63, 3.8) is 0 Å². The Labute approximate surface area is 99.7 Å². The van der Waals surface area contributed by atoms with Crippen LogP contribution in [0.1, 0.15) is 24.2 Å². The fourth-order valence-electron chi connectivity index (χ4n) is 1.54. The monoisotopic (exact) mass is 239 g/mol. The number of nitrogens with one attached hydrogen (secondary N) is 1. The molecule has 0 aliphatic heterocycles. The number of rotatable bonds is 5. The number of aliphatic hydroxyl groups is 1. The molecule has 0 fully saturated rings. The summed E-state index contributed by atoms with van der Waals surface area (Å²) < 4.78 is 0. The molecule has 0 aromatic heterocycles. The van der Waals surface area contributed by atoms with Crippen LogP contribution in [0.15, 0.2) is 18.2 Å². The largest absolute Gasteiger partial charge is 0.508 e. The van der Waals surface area contributed by atoms with E-state index >= 15 is 0 Å². The highest BCUT2D eigenvalue weighted by Crippen LogP contribution is 2.21. The van der Waals surface area contributed by atoms with Crippen LogP contribution in [0, 0.1) is 0 Å². The second-order valence-electron chi connectivity index (χ2n) is 4.07. The first-order valence-corrected chi connectivity index (χ1v) is 5.38. The predicted molar refractivity (Wildman–Crippen MR) is 63.2 cm³/mol. The third-order valence-corrected chi connectivity index (χ3v) is 2.39. The van der Waals surface area contributed by atoms with Crippen molar-refractivity contribution < 1.29 is 20.1 Å². The van der Waals surface area contributed by atoms with Gasteiger partial charge in [-0.1, -0.05) is 0 Å². The van der Waals surface area contributed by atoms with Gasteiger partial charge < -0.3 is 20.6 Å². The average Bonchev–Trinajstić information content (AvgIpc) is 2.26. The lowest BCUT2D eigenvalue weighted by Gasteiger charge is -2.17. The quantitative estimate of drug-likeness (QED) is 0.566. The van der Waals surface area contributed by atoms with E-state index in [1.54, 1.807) is 13.8 Å². The van der Waals surface area contributed by atoms with Crippen molar-refractivity contribution >= 4 is 5.78 Å². The first-order chi connectivity index (χ1) is 7.93. The van der Waals surface area contributed by atoms with E-state index in [1.807, 2.05) is 0 Å². The zero-order chi connectivity index (χ0) is 13.0. The van der Waals surface area contributed by atoms with E-state index in [4.69, 9.17) is 5.11 Å². The molecule has 2 unspecified atom stereocenters. The minimum Gasteiger partial charge on any atom is -0.508 e. The number of hydrogen-bond acceptors (Lipinski definition) is 5. The molecular formula is C12H17NO4. The molecule has 5 nitrogen and oxygen atoms in total. The number of phenolic OH excluding ortho intramolecular Hbond substituents is 2. The van der Waals surface area contributed by atoms with Gasteiger partial charge in [0.25, 0.3) is 0 Å². The van der Waals surface area contributed by atoms with E-state index in [-0.39, 0.29) is 35.5 Å². The predicted octanol–water partition coefficient (Wildman–Crippen LogP) is 0.639. The first kappa shape index (κ1) is 13.5. The van der Waals surface area contributed by atoms with Gasteiger partial charge in [-0.25, -0.2) is 0 Å². The van der Waals surface area contributed by atoms with Gasteiger partial charge in [-0.3, -0.25) is 4.79 Å². The Bertz CT molecular complexity index is 385. The van der Waals surface area contributed by atoms with Gasteiger partial charge in [-0.15, -0.1) is 0 Å². The molecule has 2 atom stereocenters. The lowest BCUT2D eigenvalue weighted by atomic mass is 10.0. The molecule has 0 radical (unpaired) electrons. The van der Waals surface area contributed by atoms with Crippen molar-refractivity contribution in [1.82, 2.24) is 5.32 Å². The van der Waals surface area contributed by atoms with E-state index in [0.29, 0.717) is 0 Å². The summed E-state index contributed by atoms with van der Waals surface area (Å²) in [6.07, 6.45) is 0. The van der Waals surface area contributed by atoms with Crippen molar-refractivity contribution in [2.75, 3.05) is 6.61 Å². The number of hydrogen-bond donors (Lipinski definition) is 4. The van der Waals surface area contributed by atoms with E-state index < -0.39 is 6.04 Å². The molecule has 0 spiro atoms. The number of carbonyl (C=O) groups is 1. The highest BCUT2D eigenvalue weighted by atomic mass is 16.3. The van der Waals surface area contributed by atoms with Crippen LogP contribution in [0.2, 0.25) is 0 Å². The summed E-state index contributed by atoms with van der Waals surface area (Å²) >= 11 is 0. The van der Waals surface area contributed by atoms with E-state index in [2.05, 4.69) is 5.32 Å². The summed E-state index contributed by atoms with van der Waals surface area (Å²) in [5.74, 6) is -0.567. The number of phenols is 2. The molecule has 94 valence electrons. The standard InChI is InChI=1S/C12H17NO4/c1-7(6-14)13-8(2)12(17)9-3-10(15)5-11(16)4-9/h3-5,7-8,13-16H,6H2,1-2H3. The maximum absolute atomic E-state index is 11.9. The van der Waals surface area contributed by atoms with Gasteiger partial charge >= 0.3 is 0 Å². The molecule has 0 aliphatic carbocycles. The van der Waals surface area contributed by atoms with Crippen LogP contribution in [0.5, 0.6) is 11.5 Å². The minimum atomic E-state index is -0.502. The van der Waals surface area contributed by atoms with E-state index in [9.17, 15) is 15.0 Å². The number of ketones is 1.